The Bertz CT molecular complexity index is 441. The van der Waals surface area contributed by atoms with Crippen molar-refractivity contribution in [2.45, 2.75) is 75.8 Å². The molecule has 5 atom stereocenters. The average Bonchev–Trinajstić information content (AvgIpc) is 2.58. The molecule has 0 aromatic rings. The molecule has 4 nitrogen and oxygen atoms in total. The lowest BCUT2D eigenvalue weighted by atomic mass is 9.72. The molecule has 5 unspecified atom stereocenters. The number of Topliss-reactive ketones (excluding diaryl/α,β-unsaturated/α-hetero) is 1. The van der Waals surface area contributed by atoms with Crippen LogP contribution in [0, 0.1) is 17.8 Å². The summed E-state index contributed by atoms with van der Waals surface area (Å²) in [6, 6.07) is 0. The van der Waals surface area contributed by atoms with E-state index < -0.39 is 10.9 Å². The normalized spacial score (nSPS) is 30.4. The van der Waals surface area contributed by atoms with E-state index in [-0.39, 0.29) is 42.0 Å². The largest absolute Gasteiger partial charge is 0.466 e. The zero-order chi connectivity index (χ0) is 17.7. The van der Waals surface area contributed by atoms with E-state index in [1.165, 1.54) is 0 Å². The van der Waals surface area contributed by atoms with Crippen LogP contribution in [0.5, 0.6) is 0 Å². The minimum absolute atomic E-state index is 0.0259. The molecule has 0 aromatic heterocycles. The number of carbonyl (C=O) groups excluding carboxylic acids is 2. The first-order valence-corrected chi connectivity index (χ1v) is 9.98. The van der Waals surface area contributed by atoms with E-state index in [9.17, 15) is 9.59 Å². The summed E-state index contributed by atoms with van der Waals surface area (Å²) in [5.74, 6) is -0.317. The Kier molecular flexibility index (Phi) is 7.83. The fraction of sp³-hybridized carbons (Fsp3) is 0.889. The summed E-state index contributed by atoms with van der Waals surface area (Å²) in [5.41, 5.74) is 0. The molecular weight excluding hydrogens is 351 g/mol. The Hall–Kier alpha value is -0.320. The number of rotatable bonds is 9. The SMILES string of the molecule is CCCCC(CC(=O)C1OC2CCC1CC2C(Cl)Cl)C(=O)OCC. The van der Waals surface area contributed by atoms with E-state index in [4.69, 9.17) is 32.7 Å². The number of alkyl halides is 2. The quantitative estimate of drug-likeness (QED) is 0.443. The summed E-state index contributed by atoms with van der Waals surface area (Å²) in [5, 5.41) is 0. The third-order valence-electron chi connectivity index (χ3n) is 5.24. The zero-order valence-electron chi connectivity index (χ0n) is 14.5. The number of halogens is 2. The summed E-state index contributed by atoms with van der Waals surface area (Å²) in [6.45, 7) is 4.20. The van der Waals surface area contributed by atoms with Crippen molar-refractivity contribution in [2.75, 3.05) is 6.61 Å². The summed E-state index contributed by atoms with van der Waals surface area (Å²) in [7, 11) is 0. The van der Waals surface area contributed by atoms with Gasteiger partial charge in [0.1, 0.15) is 10.9 Å². The summed E-state index contributed by atoms with van der Waals surface area (Å²) >= 11 is 12.1. The smallest absolute Gasteiger partial charge is 0.309 e. The minimum Gasteiger partial charge on any atom is -0.466 e. The number of ketones is 1. The average molecular weight is 379 g/mol. The minimum atomic E-state index is -0.453. The molecule has 3 fully saturated rings. The third-order valence-corrected chi connectivity index (χ3v) is 5.89. The lowest BCUT2D eigenvalue weighted by Crippen LogP contribution is -2.51. The molecule has 0 spiro atoms. The molecule has 3 aliphatic rings. The molecule has 6 heteroatoms. The van der Waals surface area contributed by atoms with Gasteiger partial charge in [0.05, 0.1) is 18.6 Å². The number of fused-ring (bicyclic) bond motifs is 3. The van der Waals surface area contributed by atoms with Crippen LogP contribution in [-0.4, -0.2) is 35.4 Å². The highest BCUT2D eigenvalue weighted by Crippen LogP contribution is 2.45. The number of unbranched alkanes of at least 4 members (excludes halogenated alkanes) is 1. The Morgan fingerprint density at radius 1 is 1.25 bits per heavy atom. The van der Waals surface area contributed by atoms with Crippen molar-refractivity contribution >= 4 is 35.0 Å². The molecule has 2 heterocycles. The molecule has 0 aromatic carbocycles. The van der Waals surface area contributed by atoms with E-state index in [0.717, 1.165) is 32.1 Å². The van der Waals surface area contributed by atoms with Crippen LogP contribution in [0.3, 0.4) is 0 Å². The van der Waals surface area contributed by atoms with Crippen molar-refractivity contribution in [3.63, 3.8) is 0 Å². The highest BCUT2D eigenvalue weighted by molar-refractivity contribution is 6.44. The van der Waals surface area contributed by atoms with E-state index in [1.807, 2.05) is 0 Å². The van der Waals surface area contributed by atoms with Gasteiger partial charge >= 0.3 is 5.97 Å². The molecule has 138 valence electrons. The zero-order valence-corrected chi connectivity index (χ0v) is 16.0. The predicted octanol–water partition coefficient (Wildman–Crippen LogP) is 4.30. The van der Waals surface area contributed by atoms with Gasteiger partial charge in [0.25, 0.3) is 0 Å². The second kappa shape index (κ2) is 9.40. The number of hydrogen-bond acceptors (Lipinski definition) is 4. The first-order valence-electron chi connectivity index (χ1n) is 9.10. The van der Waals surface area contributed by atoms with E-state index in [0.29, 0.717) is 13.0 Å². The molecule has 2 saturated heterocycles. The van der Waals surface area contributed by atoms with Crippen LogP contribution >= 0.6 is 23.2 Å². The second-order valence-electron chi connectivity index (χ2n) is 6.93. The van der Waals surface area contributed by atoms with Gasteiger partial charge in [0.15, 0.2) is 5.78 Å². The third kappa shape index (κ3) is 4.86. The topological polar surface area (TPSA) is 52.6 Å². The predicted molar refractivity (Wildman–Crippen MR) is 94.3 cm³/mol. The number of esters is 1. The van der Waals surface area contributed by atoms with Gasteiger partial charge in [-0.05, 0) is 38.5 Å². The van der Waals surface area contributed by atoms with Crippen molar-refractivity contribution in [3.05, 3.63) is 0 Å². The van der Waals surface area contributed by atoms with Gasteiger partial charge in [-0.15, -0.1) is 23.2 Å². The fourth-order valence-electron chi connectivity index (χ4n) is 3.93. The maximum Gasteiger partial charge on any atom is 0.309 e. The molecule has 1 aliphatic carbocycles. The Balaban J connectivity index is 1.96. The van der Waals surface area contributed by atoms with Gasteiger partial charge in [-0.2, -0.15) is 0 Å². The highest BCUT2D eigenvalue weighted by atomic mass is 35.5. The molecule has 2 aliphatic heterocycles. The van der Waals surface area contributed by atoms with Crippen LogP contribution < -0.4 is 0 Å². The Morgan fingerprint density at radius 2 is 2.00 bits per heavy atom. The molecule has 1 saturated carbocycles. The Morgan fingerprint density at radius 3 is 2.54 bits per heavy atom. The number of carbonyl (C=O) groups is 2. The summed E-state index contributed by atoms with van der Waals surface area (Å²) in [6.07, 6.45) is 5.06. The lowest BCUT2D eigenvalue weighted by Gasteiger charge is -2.47. The summed E-state index contributed by atoms with van der Waals surface area (Å²) < 4.78 is 11.1. The van der Waals surface area contributed by atoms with Gasteiger partial charge in [-0.3, -0.25) is 9.59 Å². The van der Waals surface area contributed by atoms with Gasteiger partial charge in [0, 0.05) is 12.3 Å². The van der Waals surface area contributed by atoms with Gasteiger partial charge < -0.3 is 9.47 Å². The van der Waals surface area contributed by atoms with Crippen molar-refractivity contribution in [1.29, 1.82) is 0 Å². The Labute approximate surface area is 154 Å². The lowest BCUT2D eigenvalue weighted by molar-refractivity contribution is -0.173. The first-order chi connectivity index (χ1) is 11.5. The monoisotopic (exact) mass is 378 g/mol. The fourth-order valence-corrected chi connectivity index (χ4v) is 4.46. The summed E-state index contributed by atoms with van der Waals surface area (Å²) in [4.78, 5) is 24.4. The van der Waals surface area contributed by atoms with E-state index in [2.05, 4.69) is 6.92 Å². The van der Waals surface area contributed by atoms with Crippen molar-refractivity contribution in [1.82, 2.24) is 0 Å². The van der Waals surface area contributed by atoms with Crippen LogP contribution in [0.4, 0.5) is 0 Å². The van der Waals surface area contributed by atoms with Crippen molar-refractivity contribution < 1.29 is 19.1 Å². The molecule has 3 rings (SSSR count). The van der Waals surface area contributed by atoms with E-state index in [1.54, 1.807) is 6.92 Å². The van der Waals surface area contributed by atoms with Gasteiger partial charge in [0.2, 0.25) is 0 Å². The maximum atomic E-state index is 12.7. The molecule has 0 amide bonds. The standard InChI is InChI=1S/C18H28Cl2O4/c1-3-5-6-12(18(22)23-4-2)10-14(21)16-11-7-8-15(24-16)13(9-11)17(19)20/h11-13,15-17H,3-10H2,1-2H3. The van der Waals surface area contributed by atoms with Crippen LogP contribution in [0.25, 0.3) is 0 Å². The molecule has 0 radical (unpaired) electrons. The maximum absolute atomic E-state index is 12.7. The van der Waals surface area contributed by atoms with E-state index >= 15 is 0 Å². The van der Waals surface area contributed by atoms with Crippen molar-refractivity contribution in [2.24, 2.45) is 17.8 Å². The molecule has 24 heavy (non-hydrogen) atoms. The highest BCUT2D eigenvalue weighted by Gasteiger charge is 2.47. The number of ether oxygens (including phenoxy) is 2. The number of hydrogen-bond donors (Lipinski definition) is 0. The van der Waals surface area contributed by atoms with Crippen LogP contribution in [0.15, 0.2) is 0 Å². The van der Waals surface area contributed by atoms with Gasteiger partial charge in [-0.25, -0.2) is 0 Å². The van der Waals surface area contributed by atoms with Crippen LogP contribution in [-0.2, 0) is 19.1 Å². The van der Waals surface area contributed by atoms with Gasteiger partial charge in [-0.1, -0.05) is 19.8 Å². The van der Waals surface area contributed by atoms with Crippen LogP contribution in [0.1, 0.15) is 58.8 Å². The molecular formula is C18H28Cl2O4. The molecule has 0 N–H and O–H groups in total. The van der Waals surface area contributed by atoms with Crippen molar-refractivity contribution in [3.8, 4) is 0 Å². The van der Waals surface area contributed by atoms with Crippen LogP contribution in [0.2, 0.25) is 0 Å². The first kappa shape index (κ1) is 20.0. The molecule has 2 bridgehead atoms. The second-order valence-corrected chi connectivity index (χ2v) is 8.09.